The van der Waals surface area contributed by atoms with Gasteiger partial charge in [0.15, 0.2) is 6.17 Å². The molecule has 0 radical (unpaired) electrons. The van der Waals surface area contributed by atoms with E-state index in [-0.39, 0.29) is 5.92 Å². The van der Waals surface area contributed by atoms with E-state index >= 15 is 0 Å². The zero-order chi connectivity index (χ0) is 10.9. The van der Waals surface area contributed by atoms with Gasteiger partial charge in [-0.3, -0.25) is 0 Å². The molecule has 1 saturated heterocycles. The van der Waals surface area contributed by atoms with Crippen molar-refractivity contribution in [2.45, 2.75) is 44.4 Å². The Bertz CT molecular complexity index is 187. The Morgan fingerprint density at radius 1 is 1.29 bits per heavy atom. The maximum atomic E-state index is 13.2. The maximum absolute atomic E-state index is 13.2. The average molecular weight is 210 g/mol. The predicted octanol–water partition coefficient (Wildman–Crippen LogP) is 0.439. The minimum Gasteiger partial charge on any atom is -0.388 e. The first-order chi connectivity index (χ1) is 6.49. The molecule has 1 fully saturated rings. The van der Waals surface area contributed by atoms with Crippen LogP contribution in [0, 0.1) is 5.92 Å². The van der Waals surface area contributed by atoms with Crippen molar-refractivity contribution in [1.82, 2.24) is 0 Å². The van der Waals surface area contributed by atoms with Gasteiger partial charge in [-0.05, 0) is 5.92 Å². The van der Waals surface area contributed by atoms with E-state index in [1.54, 1.807) is 13.8 Å². The number of ether oxygens (including phenoxy) is 1. The minimum absolute atomic E-state index is 0.0961. The van der Waals surface area contributed by atoms with Gasteiger partial charge in [-0.15, -0.1) is 0 Å². The number of hydrogen-bond acceptors (Lipinski definition) is 3. The van der Waals surface area contributed by atoms with Crippen molar-refractivity contribution in [2.24, 2.45) is 5.92 Å². The van der Waals surface area contributed by atoms with Crippen LogP contribution in [0.15, 0.2) is 0 Å². The SMILES string of the molecule is CC(C)C1OC(CF)[C@@H](F)C(O)[C@H]1O. The first kappa shape index (κ1) is 11.8. The van der Waals surface area contributed by atoms with Crippen LogP contribution in [-0.2, 0) is 4.74 Å². The lowest BCUT2D eigenvalue weighted by molar-refractivity contribution is -0.217. The molecule has 0 amide bonds. The molecular formula is C9H16F2O3. The standard InChI is InChI=1S/C9H16F2O3/c1-4(2)9-8(13)7(12)6(11)5(3-10)14-9/h4-9,12-13H,3H2,1-2H3/t5?,6-,7?,8-,9?/m1/s1. The number of hydrogen-bond donors (Lipinski definition) is 2. The molecule has 5 atom stereocenters. The lowest BCUT2D eigenvalue weighted by Crippen LogP contribution is -2.57. The summed E-state index contributed by atoms with van der Waals surface area (Å²) in [7, 11) is 0. The van der Waals surface area contributed by atoms with E-state index in [4.69, 9.17) is 4.74 Å². The van der Waals surface area contributed by atoms with E-state index in [0.717, 1.165) is 0 Å². The Hall–Kier alpha value is -0.260. The smallest absolute Gasteiger partial charge is 0.157 e. The summed E-state index contributed by atoms with van der Waals surface area (Å²) < 4.78 is 30.5. The number of aliphatic hydroxyl groups is 2. The van der Waals surface area contributed by atoms with Crippen molar-refractivity contribution in [3.05, 3.63) is 0 Å². The van der Waals surface area contributed by atoms with Crippen LogP contribution < -0.4 is 0 Å². The van der Waals surface area contributed by atoms with Crippen LogP contribution in [0.4, 0.5) is 8.78 Å². The number of halogens is 2. The highest BCUT2D eigenvalue weighted by Crippen LogP contribution is 2.27. The Kier molecular flexibility index (Phi) is 3.80. The monoisotopic (exact) mass is 210 g/mol. The van der Waals surface area contributed by atoms with E-state index < -0.39 is 37.3 Å². The predicted molar refractivity (Wildman–Crippen MR) is 46.4 cm³/mol. The molecule has 2 N–H and O–H groups in total. The van der Waals surface area contributed by atoms with E-state index in [1.165, 1.54) is 0 Å². The molecule has 0 aromatic heterocycles. The summed E-state index contributed by atoms with van der Waals surface area (Å²) in [6.07, 6.45) is -6.67. The van der Waals surface area contributed by atoms with Crippen LogP contribution in [0.2, 0.25) is 0 Å². The van der Waals surface area contributed by atoms with E-state index in [9.17, 15) is 19.0 Å². The van der Waals surface area contributed by atoms with Crippen molar-refractivity contribution in [2.75, 3.05) is 6.67 Å². The maximum Gasteiger partial charge on any atom is 0.157 e. The van der Waals surface area contributed by atoms with Gasteiger partial charge >= 0.3 is 0 Å². The Morgan fingerprint density at radius 2 is 1.86 bits per heavy atom. The molecule has 1 aliphatic rings. The Labute approximate surface area is 81.7 Å². The molecule has 3 nitrogen and oxygen atoms in total. The summed E-state index contributed by atoms with van der Waals surface area (Å²) in [6.45, 7) is 2.52. The summed E-state index contributed by atoms with van der Waals surface area (Å²) in [5.74, 6) is -0.0961. The third kappa shape index (κ3) is 2.04. The van der Waals surface area contributed by atoms with Crippen molar-refractivity contribution in [1.29, 1.82) is 0 Å². The van der Waals surface area contributed by atoms with Crippen molar-refractivity contribution in [3.63, 3.8) is 0 Å². The highest BCUT2D eigenvalue weighted by Gasteiger charge is 2.45. The van der Waals surface area contributed by atoms with Gasteiger partial charge in [0.1, 0.15) is 25.0 Å². The summed E-state index contributed by atoms with van der Waals surface area (Å²) in [5, 5.41) is 18.7. The van der Waals surface area contributed by atoms with Gasteiger partial charge in [0.05, 0.1) is 6.10 Å². The molecule has 1 aliphatic heterocycles. The second-order valence-electron chi connectivity index (χ2n) is 3.96. The highest BCUT2D eigenvalue weighted by molar-refractivity contribution is 4.93. The van der Waals surface area contributed by atoms with Crippen molar-refractivity contribution < 1.29 is 23.7 Å². The molecule has 3 unspecified atom stereocenters. The third-order valence-corrected chi connectivity index (χ3v) is 2.51. The van der Waals surface area contributed by atoms with E-state index in [0.29, 0.717) is 0 Å². The molecule has 0 saturated carbocycles. The summed E-state index contributed by atoms with van der Waals surface area (Å²) in [5.41, 5.74) is 0. The average Bonchev–Trinajstić information content (AvgIpc) is 2.14. The Balaban J connectivity index is 2.73. The molecule has 0 spiro atoms. The molecule has 5 heteroatoms. The lowest BCUT2D eigenvalue weighted by atomic mass is 9.90. The summed E-state index contributed by atoms with van der Waals surface area (Å²) >= 11 is 0. The molecule has 0 aliphatic carbocycles. The van der Waals surface area contributed by atoms with Gasteiger partial charge in [-0.25, -0.2) is 8.78 Å². The van der Waals surface area contributed by atoms with Gasteiger partial charge in [0.25, 0.3) is 0 Å². The molecule has 1 heterocycles. The third-order valence-electron chi connectivity index (χ3n) is 2.51. The first-order valence-corrected chi connectivity index (χ1v) is 4.70. The fourth-order valence-corrected chi connectivity index (χ4v) is 1.63. The second kappa shape index (κ2) is 4.51. The number of aliphatic hydroxyl groups excluding tert-OH is 2. The topological polar surface area (TPSA) is 49.7 Å². The van der Waals surface area contributed by atoms with Crippen LogP contribution in [0.25, 0.3) is 0 Å². The van der Waals surface area contributed by atoms with Crippen LogP contribution in [0.5, 0.6) is 0 Å². The fraction of sp³-hybridized carbons (Fsp3) is 1.00. The van der Waals surface area contributed by atoms with Gasteiger partial charge < -0.3 is 14.9 Å². The van der Waals surface area contributed by atoms with E-state index in [1.807, 2.05) is 0 Å². The second-order valence-corrected chi connectivity index (χ2v) is 3.96. The Morgan fingerprint density at radius 3 is 2.29 bits per heavy atom. The van der Waals surface area contributed by atoms with Crippen molar-refractivity contribution >= 4 is 0 Å². The fourth-order valence-electron chi connectivity index (χ4n) is 1.63. The minimum atomic E-state index is -1.86. The summed E-state index contributed by atoms with van der Waals surface area (Å²) in [6, 6.07) is 0. The molecule has 0 aromatic carbocycles. The lowest BCUT2D eigenvalue weighted by Gasteiger charge is -2.40. The molecule has 14 heavy (non-hydrogen) atoms. The van der Waals surface area contributed by atoms with Gasteiger partial charge in [-0.1, -0.05) is 13.8 Å². The quantitative estimate of drug-likeness (QED) is 0.695. The van der Waals surface area contributed by atoms with Gasteiger partial charge in [-0.2, -0.15) is 0 Å². The van der Waals surface area contributed by atoms with Gasteiger partial charge in [0.2, 0.25) is 0 Å². The van der Waals surface area contributed by atoms with E-state index in [2.05, 4.69) is 0 Å². The number of rotatable bonds is 2. The first-order valence-electron chi connectivity index (χ1n) is 4.70. The molecule has 1 rings (SSSR count). The molecular weight excluding hydrogens is 194 g/mol. The highest BCUT2D eigenvalue weighted by atomic mass is 19.1. The van der Waals surface area contributed by atoms with Crippen LogP contribution in [0.3, 0.4) is 0 Å². The largest absolute Gasteiger partial charge is 0.388 e. The zero-order valence-corrected chi connectivity index (χ0v) is 8.23. The van der Waals surface area contributed by atoms with Crippen LogP contribution in [0.1, 0.15) is 13.8 Å². The van der Waals surface area contributed by atoms with Crippen molar-refractivity contribution in [3.8, 4) is 0 Å². The summed E-state index contributed by atoms with van der Waals surface area (Å²) in [4.78, 5) is 0. The molecule has 0 aromatic rings. The molecule has 84 valence electrons. The zero-order valence-electron chi connectivity index (χ0n) is 8.23. The van der Waals surface area contributed by atoms with Gasteiger partial charge in [0, 0.05) is 0 Å². The van der Waals surface area contributed by atoms with Crippen LogP contribution in [-0.4, -0.2) is 47.5 Å². The normalized spacial score (nSPS) is 44.4. The van der Waals surface area contributed by atoms with Crippen LogP contribution >= 0.6 is 0 Å². The molecule has 0 bridgehead atoms. The number of alkyl halides is 2.